The zero-order valence-electron chi connectivity index (χ0n) is 14.1. The van der Waals surface area contributed by atoms with Gasteiger partial charge in [-0.25, -0.2) is 10.2 Å². The molecule has 0 spiro atoms. The minimum absolute atomic E-state index is 0.549. The third-order valence-electron chi connectivity index (χ3n) is 3.00. The summed E-state index contributed by atoms with van der Waals surface area (Å²) in [6, 6.07) is 13.5. The number of ether oxygens (including phenoxy) is 1. The predicted octanol–water partition coefficient (Wildman–Crippen LogP) is 4.16. The van der Waals surface area contributed by atoms with E-state index in [9.17, 15) is 4.79 Å². The Kier molecular flexibility index (Phi) is 5.47. The van der Waals surface area contributed by atoms with Crippen molar-refractivity contribution in [2.45, 2.75) is 26.4 Å². The monoisotopic (exact) mass is 323 g/mol. The Morgan fingerprint density at radius 3 is 2.46 bits per heavy atom. The van der Waals surface area contributed by atoms with Crippen LogP contribution in [0.3, 0.4) is 0 Å². The minimum atomic E-state index is -0.605. The fourth-order valence-electron chi connectivity index (χ4n) is 1.98. The second-order valence-corrected chi connectivity index (χ2v) is 6.11. The molecule has 1 heterocycles. The lowest BCUT2D eigenvalue weighted by Gasteiger charge is -2.18. The largest absolute Gasteiger partial charge is 0.443 e. The van der Waals surface area contributed by atoms with Crippen LogP contribution in [0.25, 0.3) is 11.3 Å². The van der Waals surface area contributed by atoms with Crippen molar-refractivity contribution in [2.24, 2.45) is 5.10 Å². The van der Waals surface area contributed by atoms with Gasteiger partial charge in [0.15, 0.2) is 0 Å². The lowest BCUT2D eigenvalue weighted by atomic mass is 10.1. The first-order valence-electron chi connectivity index (χ1n) is 7.60. The van der Waals surface area contributed by atoms with Gasteiger partial charge in [-0.05, 0) is 39.0 Å². The summed E-state index contributed by atoms with van der Waals surface area (Å²) in [6.07, 6.45) is 2.73. The maximum absolute atomic E-state index is 11.7. The lowest BCUT2D eigenvalue weighted by Crippen LogP contribution is -2.30. The third kappa shape index (κ3) is 5.05. The highest BCUT2D eigenvalue weighted by molar-refractivity contribution is 6.08. The van der Waals surface area contributed by atoms with Crippen molar-refractivity contribution in [3.8, 4) is 11.3 Å². The zero-order valence-corrected chi connectivity index (χ0v) is 14.1. The fourth-order valence-corrected chi connectivity index (χ4v) is 1.98. The molecule has 2 aromatic rings. The van der Waals surface area contributed by atoms with Crippen LogP contribution in [-0.2, 0) is 4.74 Å². The van der Waals surface area contributed by atoms with Crippen LogP contribution in [-0.4, -0.2) is 22.4 Å². The Morgan fingerprint density at radius 1 is 1.21 bits per heavy atom. The Morgan fingerprint density at radius 2 is 1.92 bits per heavy atom. The fraction of sp³-hybridized carbons (Fsp3) is 0.211. The number of amides is 1. The first kappa shape index (κ1) is 17.4. The quantitative estimate of drug-likeness (QED) is 0.678. The number of carbonyl (C=O) groups excluding carboxylic acids is 1. The van der Waals surface area contributed by atoms with E-state index in [0.29, 0.717) is 5.71 Å². The van der Waals surface area contributed by atoms with Gasteiger partial charge in [0.05, 0.1) is 11.4 Å². The highest BCUT2D eigenvalue weighted by Crippen LogP contribution is 2.17. The summed E-state index contributed by atoms with van der Waals surface area (Å²) >= 11 is 0. The molecule has 1 aromatic carbocycles. The van der Waals surface area contributed by atoms with Gasteiger partial charge in [-0.3, -0.25) is 4.98 Å². The summed E-state index contributed by atoms with van der Waals surface area (Å²) in [7, 11) is 0. The molecule has 5 heteroatoms. The predicted molar refractivity (Wildman–Crippen MR) is 95.8 cm³/mol. The molecule has 0 fully saturated rings. The first-order chi connectivity index (χ1) is 11.4. The van der Waals surface area contributed by atoms with Crippen molar-refractivity contribution in [1.29, 1.82) is 0 Å². The maximum atomic E-state index is 11.7. The Hall–Kier alpha value is -2.95. The second-order valence-electron chi connectivity index (χ2n) is 6.11. The number of pyridine rings is 1. The molecule has 0 saturated heterocycles. The van der Waals surface area contributed by atoms with Crippen LogP contribution in [0, 0.1) is 0 Å². The molecule has 0 aliphatic rings. The van der Waals surface area contributed by atoms with Crippen LogP contribution in [0.5, 0.6) is 0 Å². The number of hydrogen-bond acceptors (Lipinski definition) is 4. The number of hydrazone groups is 1. The number of nitrogens with zero attached hydrogens (tertiary/aromatic N) is 2. The number of aromatic nitrogens is 1. The van der Waals surface area contributed by atoms with Gasteiger partial charge < -0.3 is 4.74 Å². The molecule has 0 aliphatic carbocycles. The first-order valence-corrected chi connectivity index (χ1v) is 7.60. The molecule has 0 atom stereocenters. The van der Waals surface area contributed by atoms with E-state index in [0.717, 1.165) is 16.8 Å². The zero-order chi connectivity index (χ0) is 17.6. The van der Waals surface area contributed by atoms with Gasteiger partial charge in [0, 0.05) is 17.3 Å². The van der Waals surface area contributed by atoms with Gasteiger partial charge in [0.2, 0.25) is 0 Å². The molecular formula is C19H21N3O2. The van der Waals surface area contributed by atoms with Crippen molar-refractivity contribution >= 4 is 11.8 Å². The summed E-state index contributed by atoms with van der Waals surface area (Å²) in [4.78, 5) is 16.0. The van der Waals surface area contributed by atoms with Crippen molar-refractivity contribution in [3.63, 3.8) is 0 Å². The lowest BCUT2D eigenvalue weighted by molar-refractivity contribution is 0.0529. The van der Waals surface area contributed by atoms with E-state index in [1.165, 1.54) is 0 Å². The number of benzene rings is 1. The molecule has 1 aromatic heterocycles. The summed E-state index contributed by atoms with van der Waals surface area (Å²) in [5.74, 6) is 0. The average Bonchev–Trinajstić information content (AvgIpc) is 2.55. The van der Waals surface area contributed by atoms with Crippen LogP contribution in [0.2, 0.25) is 0 Å². The molecule has 0 saturated carbocycles. The number of allylic oxidation sites excluding steroid dienone is 1. The van der Waals surface area contributed by atoms with Gasteiger partial charge in [-0.2, -0.15) is 5.10 Å². The van der Waals surface area contributed by atoms with Gasteiger partial charge >= 0.3 is 6.09 Å². The van der Waals surface area contributed by atoms with Crippen molar-refractivity contribution < 1.29 is 9.53 Å². The second kappa shape index (κ2) is 7.55. The summed E-state index contributed by atoms with van der Waals surface area (Å²) in [6.45, 7) is 9.11. The van der Waals surface area contributed by atoms with Crippen molar-refractivity contribution in [3.05, 3.63) is 66.9 Å². The van der Waals surface area contributed by atoms with Gasteiger partial charge in [-0.15, -0.1) is 0 Å². The smallest absolute Gasteiger partial charge is 0.428 e. The molecule has 124 valence electrons. The summed E-state index contributed by atoms with van der Waals surface area (Å²) in [5.41, 5.74) is 5.09. The molecule has 0 aliphatic heterocycles. The van der Waals surface area contributed by atoms with E-state index in [-0.39, 0.29) is 0 Å². The van der Waals surface area contributed by atoms with Crippen LogP contribution >= 0.6 is 0 Å². The van der Waals surface area contributed by atoms with Gasteiger partial charge in [-0.1, -0.05) is 36.9 Å². The standard InChI is InChI=1S/C19H21N3O2/c1-5-16(21-22-18(23)24-19(2,3)4)14-9-11-15(12-10-14)17-8-6-7-13-20-17/h5-13H,1H2,2-4H3,(H,22,23). The number of nitrogens with one attached hydrogen (secondary N) is 1. The van der Waals surface area contributed by atoms with Gasteiger partial charge in [0.25, 0.3) is 0 Å². The minimum Gasteiger partial charge on any atom is -0.443 e. The van der Waals surface area contributed by atoms with E-state index in [1.807, 2.05) is 42.5 Å². The van der Waals surface area contributed by atoms with Crippen LogP contribution in [0.15, 0.2) is 66.4 Å². The topological polar surface area (TPSA) is 63.6 Å². The van der Waals surface area contributed by atoms with Crippen LogP contribution in [0.4, 0.5) is 4.79 Å². The van der Waals surface area contributed by atoms with E-state index in [2.05, 4.69) is 22.1 Å². The normalized spacial score (nSPS) is 11.7. The molecule has 0 radical (unpaired) electrons. The number of rotatable bonds is 4. The van der Waals surface area contributed by atoms with E-state index in [1.54, 1.807) is 33.0 Å². The highest BCUT2D eigenvalue weighted by Gasteiger charge is 2.15. The molecule has 1 N–H and O–H groups in total. The van der Waals surface area contributed by atoms with Gasteiger partial charge in [0.1, 0.15) is 5.60 Å². The molecule has 1 amide bonds. The summed E-state index contributed by atoms with van der Waals surface area (Å²) < 4.78 is 5.15. The average molecular weight is 323 g/mol. The maximum Gasteiger partial charge on any atom is 0.428 e. The Balaban J connectivity index is 2.12. The number of hydrogen-bond donors (Lipinski definition) is 1. The molecule has 24 heavy (non-hydrogen) atoms. The Labute approximate surface area is 142 Å². The Bertz CT molecular complexity index is 729. The molecule has 5 nitrogen and oxygen atoms in total. The molecule has 0 unspecified atom stereocenters. The van der Waals surface area contributed by atoms with E-state index in [4.69, 9.17) is 4.74 Å². The van der Waals surface area contributed by atoms with Crippen LogP contribution < -0.4 is 5.43 Å². The number of carbonyl (C=O) groups is 1. The van der Waals surface area contributed by atoms with E-state index >= 15 is 0 Å². The highest BCUT2D eigenvalue weighted by atomic mass is 16.6. The summed E-state index contributed by atoms with van der Waals surface area (Å²) in [5, 5.41) is 4.06. The molecule has 0 bridgehead atoms. The molecule has 2 rings (SSSR count). The molecular weight excluding hydrogens is 302 g/mol. The third-order valence-corrected chi connectivity index (χ3v) is 3.00. The van der Waals surface area contributed by atoms with Crippen molar-refractivity contribution in [1.82, 2.24) is 10.4 Å². The van der Waals surface area contributed by atoms with Crippen LogP contribution in [0.1, 0.15) is 26.3 Å². The van der Waals surface area contributed by atoms with E-state index < -0.39 is 11.7 Å². The van der Waals surface area contributed by atoms with Crippen molar-refractivity contribution in [2.75, 3.05) is 0 Å². The SMILES string of the molecule is C=CC(=NNC(=O)OC(C)(C)C)c1ccc(-c2ccccn2)cc1.